The molecule has 2 rings (SSSR count). The molecule has 0 unspecified atom stereocenters. The first-order valence-corrected chi connectivity index (χ1v) is 5.95. The van der Waals surface area contributed by atoms with Gasteiger partial charge in [0.25, 0.3) is 0 Å². The predicted molar refractivity (Wildman–Crippen MR) is 70.9 cm³/mol. The molecule has 0 fully saturated rings. The lowest BCUT2D eigenvalue weighted by atomic mass is 10.1. The van der Waals surface area contributed by atoms with Gasteiger partial charge in [0.05, 0.1) is 18.0 Å². The Labute approximate surface area is 107 Å². The van der Waals surface area contributed by atoms with Crippen LogP contribution in [0.4, 0.5) is 0 Å². The van der Waals surface area contributed by atoms with Gasteiger partial charge in [-0.25, -0.2) is 0 Å². The summed E-state index contributed by atoms with van der Waals surface area (Å²) in [5.74, 6) is 1.47. The molecule has 18 heavy (non-hydrogen) atoms. The molecule has 1 atom stereocenters. The summed E-state index contributed by atoms with van der Waals surface area (Å²) in [4.78, 5) is 4.14. The van der Waals surface area contributed by atoms with Crippen LogP contribution >= 0.6 is 0 Å². The van der Waals surface area contributed by atoms with Crippen molar-refractivity contribution in [2.24, 2.45) is 0 Å². The molecule has 0 amide bonds. The van der Waals surface area contributed by atoms with Crippen molar-refractivity contribution in [2.75, 3.05) is 0 Å². The SMILES string of the molecule is Cc1ccc(Oc2ccc([C@H](C)O)nc2)cc1C. The topological polar surface area (TPSA) is 42.4 Å². The van der Waals surface area contributed by atoms with Crippen molar-refractivity contribution in [3.63, 3.8) is 0 Å². The number of aliphatic hydroxyl groups excluding tert-OH is 1. The molecule has 1 heterocycles. The number of aromatic nitrogens is 1. The summed E-state index contributed by atoms with van der Waals surface area (Å²) < 4.78 is 5.70. The zero-order valence-corrected chi connectivity index (χ0v) is 10.8. The van der Waals surface area contributed by atoms with Gasteiger partial charge in [-0.3, -0.25) is 4.98 Å². The molecule has 0 aliphatic heterocycles. The Morgan fingerprint density at radius 3 is 2.33 bits per heavy atom. The number of ether oxygens (including phenoxy) is 1. The second-order valence-corrected chi connectivity index (χ2v) is 4.44. The van der Waals surface area contributed by atoms with Gasteiger partial charge < -0.3 is 9.84 Å². The van der Waals surface area contributed by atoms with Gasteiger partial charge in [-0.05, 0) is 56.2 Å². The maximum atomic E-state index is 9.37. The molecule has 0 saturated carbocycles. The molecule has 1 aromatic carbocycles. The van der Waals surface area contributed by atoms with Gasteiger partial charge in [-0.15, -0.1) is 0 Å². The van der Waals surface area contributed by atoms with Crippen molar-refractivity contribution in [3.8, 4) is 11.5 Å². The largest absolute Gasteiger partial charge is 0.456 e. The van der Waals surface area contributed by atoms with Crippen LogP contribution in [0, 0.1) is 13.8 Å². The zero-order chi connectivity index (χ0) is 13.1. The Bertz CT molecular complexity index is 533. The number of benzene rings is 1. The first-order valence-electron chi connectivity index (χ1n) is 5.95. The highest BCUT2D eigenvalue weighted by molar-refractivity contribution is 5.36. The van der Waals surface area contributed by atoms with E-state index >= 15 is 0 Å². The van der Waals surface area contributed by atoms with Crippen molar-refractivity contribution < 1.29 is 9.84 Å². The summed E-state index contributed by atoms with van der Waals surface area (Å²) in [7, 11) is 0. The quantitative estimate of drug-likeness (QED) is 0.896. The van der Waals surface area contributed by atoms with Crippen LogP contribution in [0.15, 0.2) is 36.5 Å². The molecule has 2 aromatic rings. The molecule has 0 bridgehead atoms. The highest BCUT2D eigenvalue weighted by Gasteiger charge is 2.03. The number of aryl methyl sites for hydroxylation is 2. The number of pyridine rings is 1. The van der Waals surface area contributed by atoms with Crippen LogP contribution < -0.4 is 4.74 Å². The van der Waals surface area contributed by atoms with Crippen LogP contribution in [0.3, 0.4) is 0 Å². The van der Waals surface area contributed by atoms with E-state index in [0.29, 0.717) is 11.4 Å². The van der Waals surface area contributed by atoms with E-state index in [4.69, 9.17) is 4.74 Å². The van der Waals surface area contributed by atoms with E-state index in [0.717, 1.165) is 5.75 Å². The van der Waals surface area contributed by atoms with Crippen molar-refractivity contribution in [3.05, 3.63) is 53.3 Å². The fraction of sp³-hybridized carbons (Fsp3) is 0.267. The lowest BCUT2D eigenvalue weighted by molar-refractivity contribution is 0.194. The van der Waals surface area contributed by atoms with E-state index in [1.165, 1.54) is 11.1 Å². The standard InChI is InChI=1S/C15H17NO2/c1-10-4-5-13(8-11(10)2)18-14-6-7-15(12(3)17)16-9-14/h4-9,12,17H,1-3H3/t12-/m0/s1. The van der Waals surface area contributed by atoms with E-state index in [-0.39, 0.29) is 0 Å². The maximum absolute atomic E-state index is 9.37. The third kappa shape index (κ3) is 2.87. The molecule has 1 N–H and O–H groups in total. The lowest BCUT2D eigenvalue weighted by Gasteiger charge is -2.09. The van der Waals surface area contributed by atoms with Gasteiger partial charge in [0.1, 0.15) is 11.5 Å². The van der Waals surface area contributed by atoms with Crippen LogP contribution in [0.5, 0.6) is 11.5 Å². The van der Waals surface area contributed by atoms with Gasteiger partial charge >= 0.3 is 0 Å². The summed E-state index contributed by atoms with van der Waals surface area (Å²) in [6.45, 7) is 5.81. The van der Waals surface area contributed by atoms with Crippen molar-refractivity contribution in [1.82, 2.24) is 4.98 Å². The van der Waals surface area contributed by atoms with Crippen LogP contribution in [0.2, 0.25) is 0 Å². The van der Waals surface area contributed by atoms with Crippen LogP contribution in [0.25, 0.3) is 0 Å². The molecule has 3 nitrogen and oxygen atoms in total. The number of hydrogen-bond acceptors (Lipinski definition) is 3. The summed E-state index contributed by atoms with van der Waals surface area (Å²) in [6.07, 6.45) is 1.07. The zero-order valence-electron chi connectivity index (χ0n) is 10.8. The molecule has 0 spiro atoms. The van der Waals surface area contributed by atoms with Gasteiger partial charge in [0.15, 0.2) is 0 Å². The number of rotatable bonds is 3. The molecule has 0 aliphatic rings. The van der Waals surface area contributed by atoms with Gasteiger partial charge in [-0.2, -0.15) is 0 Å². The Morgan fingerprint density at radius 2 is 1.78 bits per heavy atom. The highest BCUT2D eigenvalue weighted by atomic mass is 16.5. The van der Waals surface area contributed by atoms with E-state index in [9.17, 15) is 5.11 Å². The fourth-order valence-electron chi connectivity index (χ4n) is 1.61. The fourth-order valence-corrected chi connectivity index (χ4v) is 1.61. The average molecular weight is 243 g/mol. The van der Waals surface area contributed by atoms with Crippen molar-refractivity contribution in [1.29, 1.82) is 0 Å². The Morgan fingerprint density at radius 1 is 1.06 bits per heavy atom. The average Bonchev–Trinajstić information content (AvgIpc) is 2.34. The molecule has 1 aromatic heterocycles. The minimum absolute atomic E-state index is 0.555. The molecule has 0 saturated heterocycles. The third-order valence-electron chi connectivity index (χ3n) is 2.90. The summed E-state index contributed by atoms with van der Waals surface area (Å²) in [5, 5.41) is 9.37. The molecule has 94 valence electrons. The summed E-state index contributed by atoms with van der Waals surface area (Å²) in [6, 6.07) is 9.54. The third-order valence-corrected chi connectivity index (χ3v) is 2.90. The van der Waals surface area contributed by atoms with Gasteiger partial charge in [0, 0.05) is 0 Å². The predicted octanol–water partition coefficient (Wildman–Crippen LogP) is 3.54. The number of aliphatic hydroxyl groups is 1. The monoisotopic (exact) mass is 243 g/mol. The van der Waals surface area contributed by atoms with Crippen molar-refractivity contribution in [2.45, 2.75) is 26.9 Å². The first kappa shape index (κ1) is 12.6. The minimum atomic E-state index is -0.555. The summed E-state index contributed by atoms with van der Waals surface area (Å²) in [5.41, 5.74) is 3.08. The number of hydrogen-bond donors (Lipinski definition) is 1. The normalized spacial score (nSPS) is 12.2. The maximum Gasteiger partial charge on any atom is 0.145 e. The molecule has 0 radical (unpaired) electrons. The molecule has 0 aliphatic carbocycles. The Balaban J connectivity index is 2.15. The van der Waals surface area contributed by atoms with E-state index in [1.807, 2.05) is 24.3 Å². The van der Waals surface area contributed by atoms with Crippen LogP contribution in [-0.2, 0) is 0 Å². The second kappa shape index (κ2) is 5.19. The van der Waals surface area contributed by atoms with Crippen LogP contribution in [-0.4, -0.2) is 10.1 Å². The first-order chi connectivity index (χ1) is 8.56. The minimum Gasteiger partial charge on any atom is -0.456 e. The van der Waals surface area contributed by atoms with E-state index < -0.39 is 6.10 Å². The molecule has 3 heteroatoms. The van der Waals surface area contributed by atoms with Crippen LogP contribution in [0.1, 0.15) is 29.8 Å². The molecular weight excluding hydrogens is 226 g/mol. The highest BCUT2D eigenvalue weighted by Crippen LogP contribution is 2.23. The molecular formula is C15H17NO2. The Hall–Kier alpha value is -1.87. The van der Waals surface area contributed by atoms with E-state index in [1.54, 1.807) is 19.2 Å². The lowest BCUT2D eigenvalue weighted by Crippen LogP contribution is -1.95. The van der Waals surface area contributed by atoms with Crippen molar-refractivity contribution >= 4 is 0 Å². The second-order valence-electron chi connectivity index (χ2n) is 4.44. The van der Waals surface area contributed by atoms with Gasteiger partial charge in [-0.1, -0.05) is 6.07 Å². The Kier molecular flexibility index (Phi) is 3.63. The smallest absolute Gasteiger partial charge is 0.145 e. The summed E-state index contributed by atoms with van der Waals surface area (Å²) >= 11 is 0. The van der Waals surface area contributed by atoms with E-state index in [2.05, 4.69) is 18.8 Å². The number of nitrogens with zero attached hydrogens (tertiary/aromatic N) is 1. The van der Waals surface area contributed by atoms with Gasteiger partial charge in [0.2, 0.25) is 0 Å².